The summed E-state index contributed by atoms with van der Waals surface area (Å²) < 4.78 is 5.15. The monoisotopic (exact) mass is 380 g/mol. The highest BCUT2D eigenvalue weighted by molar-refractivity contribution is 5.94. The van der Waals surface area contributed by atoms with Gasteiger partial charge in [-0.25, -0.2) is 0 Å². The highest BCUT2D eigenvalue weighted by Crippen LogP contribution is 2.21. The van der Waals surface area contributed by atoms with Crippen molar-refractivity contribution in [3.05, 3.63) is 65.2 Å². The Balaban J connectivity index is 1.49. The highest BCUT2D eigenvalue weighted by Gasteiger charge is 2.35. The summed E-state index contributed by atoms with van der Waals surface area (Å²) in [6, 6.07) is 15.4. The van der Waals surface area contributed by atoms with E-state index in [0.29, 0.717) is 18.8 Å². The molecule has 0 aromatic heterocycles. The summed E-state index contributed by atoms with van der Waals surface area (Å²) in [6.45, 7) is 4.25. The van der Waals surface area contributed by atoms with Crippen molar-refractivity contribution in [1.82, 2.24) is 4.90 Å². The number of anilines is 1. The number of hydrogen-bond acceptors (Lipinski definition) is 4. The van der Waals surface area contributed by atoms with Crippen LogP contribution >= 0.6 is 0 Å². The molecule has 0 aliphatic carbocycles. The van der Waals surface area contributed by atoms with Gasteiger partial charge < -0.3 is 15.0 Å². The number of benzene rings is 2. The predicted molar refractivity (Wildman–Crippen MR) is 105 cm³/mol. The second-order valence-electron chi connectivity index (χ2n) is 7.14. The third kappa shape index (κ3) is 4.97. The second kappa shape index (κ2) is 8.69. The zero-order valence-electron chi connectivity index (χ0n) is 16.1. The number of carbonyl (C=O) groups is 3. The number of nitrogens with zero attached hydrogens (tertiary/aromatic N) is 1. The van der Waals surface area contributed by atoms with Crippen molar-refractivity contribution in [2.24, 2.45) is 5.92 Å². The summed E-state index contributed by atoms with van der Waals surface area (Å²) >= 11 is 0. The molecule has 2 aromatic rings. The molecule has 1 aliphatic rings. The van der Waals surface area contributed by atoms with E-state index in [1.807, 2.05) is 62.4 Å². The van der Waals surface area contributed by atoms with Gasteiger partial charge in [-0.05, 0) is 36.6 Å². The number of rotatable bonds is 6. The summed E-state index contributed by atoms with van der Waals surface area (Å²) in [5, 5.41) is 2.75. The SMILES string of the molecule is Cc1ccc(C)c(NC(=O)COC(=O)[C@@H]2CC(=O)N(Cc3ccccc3)C2)c1. The van der Waals surface area contributed by atoms with Crippen LogP contribution in [0.3, 0.4) is 0 Å². The van der Waals surface area contributed by atoms with Gasteiger partial charge >= 0.3 is 5.97 Å². The molecule has 1 N–H and O–H groups in total. The van der Waals surface area contributed by atoms with Crippen molar-refractivity contribution >= 4 is 23.5 Å². The molecule has 146 valence electrons. The first-order valence-electron chi connectivity index (χ1n) is 9.28. The average molecular weight is 380 g/mol. The Kier molecular flexibility index (Phi) is 6.09. The van der Waals surface area contributed by atoms with Gasteiger partial charge in [0.25, 0.3) is 5.91 Å². The van der Waals surface area contributed by atoms with Crippen molar-refractivity contribution in [3.8, 4) is 0 Å². The van der Waals surface area contributed by atoms with Crippen LogP contribution in [-0.2, 0) is 25.7 Å². The van der Waals surface area contributed by atoms with Crippen LogP contribution in [0.1, 0.15) is 23.1 Å². The van der Waals surface area contributed by atoms with E-state index in [0.717, 1.165) is 16.7 Å². The predicted octanol–water partition coefficient (Wildman–Crippen LogP) is 2.83. The molecule has 1 saturated heterocycles. The van der Waals surface area contributed by atoms with Gasteiger partial charge in [-0.1, -0.05) is 42.5 Å². The molecule has 28 heavy (non-hydrogen) atoms. The van der Waals surface area contributed by atoms with Crippen LogP contribution in [0.4, 0.5) is 5.69 Å². The van der Waals surface area contributed by atoms with Crippen LogP contribution in [0.25, 0.3) is 0 Å². The third-order valence-corrected chi connectivity index (χ3v) is 4.78. The molecule has 1 aliphatic heterocycles. The smallest absolute Gasteiger partial charge is 0.311 e. The molecular formula is C22H24N2O4. The number of amides is 2. The molecule has 0 saturated carbocycles. The van der Waals surface area contributed by atoms with Crippen molar-refractivity contribution in [2.75, 3.05) is 18.5 Å². The summed E-state index contributed by atoms with van der Waals surface area (Å²) in [4.78, 5) is 38.2. The van der Waals surface area contributed by atoms with E-state index in [1.54, 1.807) is 4.90 Å². The lowest BCUT2D eigenvalue weighted by Gasteiger charge is -2.16. The molecule has 0 bridgehead atoms. The summed E-state index contributed by atoms with van der Waals surface area (Å²) in [5.74, 6) is -1.53. The number of carbonyl (C=O) groups excluding carboxylic acids is 3. The van der Waals surface area contributed by atoms with E-state index in [9.17, 15) is 14.4 Å². The van der Waals surface area contributed by atoms with Gasteiger partial charge in [-0.15, -0.1) is 0 Å². The Hall–Kier alpha value is -3.15. The lowest BCUT2D eigenvalue weighted by atomic mass is 10.1. The summed E-state index contributed by atoms with van der Waals surface area (Å²) in [5.41, 5.74) is 3.67. The van der Waals surface area contributed by atoms with E-state index in [4.69, 9.17) is 4.74 Å². The molecule has 0 unspecified atom stereocenters. The fourth-order valence-electron chi connectivity index (χ4n) is 3.20. The van der Waals surface area contributed by atoms with Gasteiger partial charge in [0.05, 0.1) is 5.92 Å². The number of hydrogen-bond donors (Lipinski definition) is 1. The van der Waals surface area contributed by atoms with Crippen molar-refractivity contribution < 1.29 is 19.1 Å². The van der Waals surface area contributed by atoms with Crippen LogP contribution in [-0.4, -0.2) is 35.8 Å². The van der Waals surface area contributed by atoms with Crippen LogP contribution in [0.15, 0.2) is 48.5 Å². The van der Waals surface area contributed by atoms with E-state index < -0.39 is 17.8 Å². The van der Waals surface area contributed by atoms with Crippen LogP contribution < -0.4 is 5.32 Å². The van der Waals surface area contributed by atoms with Crippen LogP contribution in [0.5, 0.6) is 0 Å². The average Bonchev–Trinajstić information content (AvgIpc) is 3.04. The molecular weight excluding hydrogens is 356 g/mol. The van der Waals surface area contributed by atoms with Crippen LogP contribution in [0.2, 0.25) is 0 Å². The van der Waals surface area contributed by atoms with E-state index >= 15 is 0 Å². The van der Waals surface area contributed by atoms with Gasteiger partial charge in [0.15, 0.2) is 6.61 Å². The van der Waals surface area contributed by atoms with Crippen molar-refractivity contribution in [3.63, 3.8) is 0 Å². The van der Waals surface area contributed by atoms with Crippen LogP contribution in [0, 0.1) is 19.8 Å². The molecule has 1 heterocycles. The zero-order chi connectivity index (χ0) is 20.1. The minimum atomic E-state index is -0.537. The maximum atomic E-state index is 12.3. The Morgan fingerprint density at radius 3 is 2.64 bits per heavy atom. The molecule has 0 radical (unpaired) electrons. The van der Waals surface area contributed by atoms with E-state index in [2.05, 4.69) is 5.32 Å². The molecule has 1 fully saturated rings. The highest BCUT2D eigenvalue weighted by atomic mass is 16.5. The standard InChI is InChI=1S/C22H24N2O4/c1-15-8-9-16(2)19(10-15)23-20(25)14-28-22(27)18-11-21(26)24(13-18)12-17-6-4-3-5-7-17/h3-10,18H,11-14H2,1-2H3,(H,23,25)/t18-/m1/s1. The molecule has 3 rings (SSSR count). The summed E-state index contributed by atoms with van der Waals surface area (Å²) in [7, 11) is 0. The Morgan fingerprint density at radius 1 is 1.14 bits per heavy atom. The topological polar surface area (TPSA) is 75.7 Å². The zero-order valence-corrected chi connectivity index (χ0v) is 16.1. The van der Waals surface area contributed by atoms with Gasteiger partial charge in [0.2, 0.25) is 5.91 Å². The lowest BCUT2D eigenvalue weighted by Crippen LogP contribution is -2.28. The fraction of sp³-hybridized carbons (Fsp3) is 0.318. The third-order valence-electron chi connectivity index (χ3n) is 4.78. The lowest BCUT2D eigenvalue weighted by molar-refractivity contribution is -0.151. The Morgan fingerprint density at radius 2 is 1.89 bits per heavy atom. The summed E-state index contributed by atoms with van der Waals surface area (Å²) in [6.07, 6.45) is 0.115. The molecule has 6 heteroatoms. The largest absolute Gasteiger partial charge is 0.455 e. The first-order chi connectivity index (χ1) is 13.4. The number of nitrogens with one attached hydrogen (secondary N) is 1. The quantitative estimate of drug-likeness (QED) is 0.782. The maximum absolute atomic E-state index is 12.3. The van der Waals surface area contributed by atoms with Crippen molar-refractivity contribution in [1.29, 1.82) is 0 Å². The number of ether oxygens (including phenoxy) is 1. The normalized spacial score (nSPS) is 16.1. The maximum Gasteiger partial charge on any atom is 0.311 e. The minimum absolute atomic E-state index is 0.0781. The van der Waals surface area contributed by atoms with Crippen molar-refractivity contribution in [2.45, 2.75) is 26.8 Å². The Labute approximate surface area is 164 Å². The molecule has 6 nitrogen and oxygen atoms in total. The van der Waals surface area contributed by atoms with Gasteiger partial charge in [-0.3, -0.25) is 14.4 Å². The van der Waals surface area contributed by atoms with E-state index in [1.165, 1.54) is 0 Å². The number of likely N-dealkylation sites (tertiary alicyclic amines) is 1. The number of aryl methyl sites for hydroxylation is 2. The van der Waals surface area contributed by atoms with Gasteiger partial charge in [-0.2, -0.15) is 0 Å². The fourth-order valence-corrected chi connectivity index (χ4v) is 3.20. The molecule has 2 aromatic carbocycles. The molecule has 2 amide bonds. The molecule has 0 spiro atoms. The second-order valence-corrected chi connectivity index (χ2v) is 7.14. The van der Waals surface area contributed by atoms with E-state index in [-0.39, 0.29) is 18.9 Å². The first-order valence-corrected chi connectivity index (χ1v) is 9.28. The number of esters is 1. The van der Waals surface area contributed by atoms with Gasteiger partial charge in [0, 0.05) is 25.2 Å². The Bertz CT molecular complexity index is 879. The molecule has 1 atom stereocenters. The first kappa shape index (κ1) is 19.6. The van der Waals surface area contributed by atoms with Gasteiger partial charge in [0.1, 0.15) is 0 Å². The minimum Gasteiger partial charge on any atom is -0.455 e.